The third-order valence-corrected chi connectivity index (χ3v) is 4.26. The van der Waals surface area contributed by atoms with Gasteiger partial charge in [-0.3, -0.25) is 0 Å². The largest absolute Gasteiger partial charge is 0.381 e. The average Bonchev–Trinajstić information content (AvgIpc) is 3.02. The first-order valence-corrected chi connectivity index (χ1v) is 6.58. The molecule has 2 saturated heterocycles. The highest BCUT2D eigenvalue weighted by molar-refractivity contribution is 7.09. The molecule has 3 rings (SSSR count). The minimum atomic E-state index is 0.511. The van der Waals surface area contributed by atoms with E-state index in [0.29, 0.717) is 12.0 Å². The molecule has 1 unspecified atom stereocenters. The fraction of sp³-hybridized carbons (Fsp3) is 0.727. The molecule has 3 heterocycles. The van der Waals surface area contributed by atoms with Crippen LogP contribution in [0, 0.1) is 0 Å². The summed E-state index contributed by atoms with van der Waals surface area (Å²) < 4.78 is 5.40. The summed E-state index contributed by atoms with van der Waals surface area (Å²) in [7, 11) is 0. The Labute approximate surface area is 93.9 Å². The minimum absolute atomic E-state index is 0.511. The molecule has 15 heavy (non-hydrogen) atoms. The number of nitrogens with zero attached hydrogens (tertiary/aromatic N) is 1. The monoisotopic (exact) mass is 224 g/mol. The van der Waals surface area contributed by atoms with Crippen molar-refractivity contribution < 1.29 is 4.74 Å². The number of aromatic nitrogens is 1. The predicted molar refractivity (Wildman–Crippen MR) is 60.3 cm³/mol. The Morgan fingerprint density at radius 3 is 3.20 bits per heavy atom. The maximum Gasteiger partial charge on any atom is 0.0983 e. The van der Waals surface area contributed by atoms with Gasteiger partial charge in [-0.2, -0.15) is 0 Å². The van der Waals surface area contributed by atoms with Crippen LogP contribution in [-0.2, 0) is 4.74 Å². The van der Waals surface area contributed by atoms with Crippen LogP contribution in [0.2, 0.25) is 0 Å². The van der Waals surface area contributed by atoms with Crippen LogP contribution in [0.15, 0.2) is 5.38 Å². The first kappa shape index (κ1) is 9.75. The van der Waals surface area contributed by atoms with Crippen molar-refractivity contribution in [3.8, 4) is 0 Å². The lowest BCUT2D eigenvalue weighted by Gasteiger charge is -2.06. The highest BCUT2D eigenvalue weighted by atomic mass is 32.1. The van der Waals surface area contributed by atoms with Gasteiger partial charge in [0.05, 0.1) is 23.4 Å². The van der Waals surface area contributed by atoms with Crippen LogP contribution in [0.25, 0.3) is 0 Å². The number of rotatable bonds is 2. The Morgan fingerprint density at radius 2 is 2.47 bits per heavy atom. The molecule has 1 N–H and O–H groups in total. The SMILES string of the molecule is c1sc(C2CCOC2)nc1[C@H]1CCCN1. The molecule has 1 aromatic rings. The summed E-state index contributed by atoms with van der Waals surface area (Å²) in [4.78, 5) is 4.75. The lowest BCUT2D eigenvalue weighted by Crippen LogP contribution is -2.13. The average molecular weight is 224 g/mol. The van der Waals surface area contributed by atoms with Crippen molar-refractivity contribution in [2.45, 2.75) is 31.2 Å². The summed E-state index contributed by atoms with van der Waals surface area (Å²) in [6.07, 6.45) is 3.67. The zero-order valence-corrected chi connectivity index (χ0v) is 9.55. The Balaban J connectivity index is 1.74. The van der Waals surface area contributed by atoms with Crippen molar-refractivity contribution >= 4 is 11.3 Å². The zero-order chi connectivity index (χ0) is 10.1. The summed E-state index contributed by atoms with van der Waals surface area (Å²) in [5, 5.41) is 6.98. The normalized spacial score (nSPS) is 31.2. The van der Waals surface area contributed by atoms with Crippen LogP contribution >= 0.6 is 11.3 Å². The van der Waals surface area contributed by atoms with Crippen molar-refractivity contribution in [1.82, 2.24) is 10.3 Å². The second-order valence-corrected chi connectivity index (χ2v) is 5.21. The van der Waals surface area contributed by atoms with E-state index in [1.165, 1.54) is 23.5 Å². The topological polar surface area (TPSA) is 34.1 Å². The van der Waals surface area contributed by atoms with Gasteiger partial charge in [0.25, 0.3) is 0 Å². The summed E-state index contributed by atoms with van der Waals surface area (Å²) in [6, 6.07) is 0.511. The van der Waals surface area contributed by atoms with Gasteiger partial charge in [0.1, 0.15) is 0 Å². The van der Waals surface area contributed by atoms with E-state index in [9.17, 15) is 0 Å². The molecule has 82 valence electrons. The second kappa shape index (κ2) is 4.20. The van der Waals surface area contributed by atoms with E-state index in [1.807, 2.05) is 0 Å². The van der Waals surface area contributed by atoms with Gasteiger partial charge in [0.2, 0.25) is 0 Å². The number of nitrogens with one attached hydrogen (secondary N) is 1. The van der Waals surface area contributed by atoms with Gasteiger partial charge in [0, 0.05) is 17.9 Å². The van der Waals surface area contributed by atoms with Crippen molar-refractivity contribution in [1.29, 1.82) is 0 Å². The molecule has 0 bridgehead atoms. The van der Waals surface area contributed by atoms with Gasteiger partial charge in [-0.25, -0.2) is 4.98 Å². The fourth-order valence-electron chi connectivity index (χ4n) is 2.31. The Kier molecular flexibility index (Phi) is 2.73. The van der Waals surface area contributed by atoms with Crippen LogP contribution in [0.1, 0.15) is 41.9 Å². The standard InChI is InChI=1S/C11H16N2OS/c1-2-9(12-4-1)10-7-15-11(13-10)8-3-5-14-6-8/h7-9,12H,1-6H2/t8?,9-/m1/s1. The lowest BCUT2D eigenvalue weighted by molar-refractivity contribution is 0.194. The van der Waals surface area contributed by atoms with Crippen molar-refractivity contribution in [2.75, 3.05) is 19.8 Å². The number of hydrogen-bond donors (Lipinski definition) is 1. The van der Waals surface area contributed by atoms with E-state index in [0.717, 1.165) is 26.2 Å². The molecule has 1 aromatic heterocycles. The van der Waals surface area contributed by atoms with Crippen LogP contribution in [-0.4, -0.2) is 24.7 Å². The lowest BCUT2D eigenvalue weighted by atomic mass is 10.1. The van der Waals surface area contributed by atoms with Gasteiger partial charge >= 0.3 is 0 Å². The molecule has 2 aliphatic heterocycles. The quantitative estimate of drug-likeness (QED) is 0.835. The Hall–Kier alpha value is -0.450. The molecule has 4 heteroatoms. The molecular formula is C11H16N2OS. The second-order valence-electron chi connectivity index (χ2n) is 4.32. The fourth-order valence-corrected chi connectivity index (χ4v) is 3.31. The molecule has 3 nitrogen and oxygen atoms in total. The highest BCUT2D eigenvalue weighted by Crippen LogP contribution is 2.31. The molecule has 0 amide bonds. The van der Waals surface area contributed by atoms with E-state index >= 15 is 0 Å². The van der Waals surface area contributed by atoms with E-state index in [-0.39, 0.29) is 0 Å². The molecule has 0 saturated carbocycles. The zero-order valence-electron chi connectivity index (χ0n) is 8.74. The third-order valence-electron chi connectivity index (χ3n) is 3.24. The first-order valence-electron chi connectivity index (χ1n) is 5.70. The molecule has 2 aliphatic rings. The summed E-state index contributed by atoms with van der Waals surface area (Å²) in [5.41, 5.74) is 1.25. The van der Waals surface area contributed by atoms with Crippen LogP contribution in [0.5, 0.6) is 0 Å². The number of hydrogen-bond acceptors (Lipinski definition) is 4. The van der Waals surface area contributed by atoms with Gasteiger partial charge in [0.15, 0.2) is 0 Å². The number of ether oxygens (including phenoxy) is 1. The van der Waals surface area contributed by atoms with Crippen molar-refractivity contribution in [3.05, 3.63) is 16.1 Å². The van der Waals surface area contributed by atoms with Gasteiger partial charge in [-0.05, 0) is 25.8 Å². The van der Waals surface area contributed by atoms with E-state index < -0.39 is 0 Å². The van der Waals surface area contributed by atoms with Crippen LogP contribution in [0.3, 0.4) is 0 Å². The highest BCUT2D eigenvalue weighted by Gasteiger charge is 2.24. The molecule has 0 aliphatic carbocycles. The summed E-state index contributed by atoms with van der Waals surface area (Å²) in [5.74, 6) is 0.560. The summed E-state index contributed by atoms with van der Waals surface area (Å²) >= 11 is 1.80. The Morgan fingerprint density at radius 1 is 1.47 bits per heavy atom. The van der Waals surface area contributed by atoms with Gasteiger partial charge in [-0.15, -0.1) is 11.3 Å². The molecule has 0 aromatic carbocycles. The van der Waals surface area contributed by atoms with Crippen LogP contribution < -0.4 is 5.32 Å². The predicted octanol–water partition coefficient (Wildman–Crippen LogP) is 2.07. The maximum atomic E-state index is 5.40. The summed E-state index contributed by atoms with van der Waals surface area (Å²) in [6.45, 7) is 2.91. The van der Waals surface area contributed by atoms with Gasteiger partial charge in [-0.1, -0.05) is 0 Å². The molecule has 0 radical (unpaired) electrons. The third kappa shape index (κ3) is 1.94. The minimum Gasteiger partial charge on any atom is -0.381 e. The molecule has 2 fully saturated rings. The van der Waals surface area contributed by atoms with E-state index in [1.54, 1.807) is 11.3 Å². The smallest absolute Gasteiger partial charge is 0.0983 e. The molecule has 2 atom stereocenters. The molecular weight excluding hydrogens is 208 g/mol. The Bertz CT molecular complexity index is 297. The van der Waals surface area contributed by atoms with Gasteiger partial charge < -0.3 is 10.1 Å². The van der Waals surface area contributed by atoms with Crippen molar-refractivity contribution in [3.63, 3.8) is 0 Å². The van der Waals surface area contributed by atoms with Crippen molar-refractivity contribution in [2.24, 2.45) is 0 Å². The first-order chi connectivity index (χ1) is 7.43. The van der Waals surface area contributed by atoms with E-state index in [4.69, 9.17) is 9.72 Å². The maximum absolute atomic E-state index is 5.40. The number of thiazole rings is 1. The molecule has 0 spiro atoms. The van der Waals surface area contributed by atoms with Crippen LogP contribution in [0.4, 0.5) is 0 Å². The van der Waals surface area contributed by atoms with E-state index in [2.05, 4.69) is 10.7 Å².